The van der Waals surface area contributed by atoms with E-state index in [1.54, 1.807) is 4.90 Å². The highest BCUT2D eigenvalue weighted by molar-refractivity contribution is 7.17. The number of aromatic nitrogens is 2. The minimum absolute atomic E-state index is 0.0528. The Balaban J connectivity index is 1.43. The molecule has 2 aliphatic carbocycles. The summed E-state index contributed by atoms with van der Waals surface area (Å²) in [7, 11) is 5.74. The van der Waals surface area contributed by atoms with Crippen LogP contribution in [0.25, 0.3) is 0 Å². The number of anilines is 1. The van der Waals surface area contributed by atoms with Gasteiger partial charge in [-0.05, 0) is 64.1 Å². The lowest BCUT2D eigenvalue weighted by Crippen LogP contribution is -2.56. The molecule has 1 spiro atoms. The number of benzene rings is 1. The molecule has 1 aliphatic heterocycles. The molecule has 0 N–H and O–H groups in total. The van der Waals surface area contributed by atoms with E-state index < -0.39 is 11.5 Å². The Morgan fingerprint density at radius 3 is 2.23 bits per heavy atom. The van der Waals surface area contributed by atoms with Crippen molar-refractivity contribution in [1.29, 1.82) is 0 Å². The molecule has 1 aromatic heterocycles. The number of nitrogens with zero attached hydrogens (tertiary/aromatic N) is 5. The number of carbonyl (C=O) groups excluding carboxylic acids is 1. The van der Waals surface area contributed by atoms with Crippen LogP contribution in [0.1, 0.15) is 56.3 Å². The number of carbonyl (C=O) groups is 1. The molecule has 2 aromatic rings. The molecule has 1 saturated heterocycles. The molecule has 9 heteroatoms. The van der Waals surface area contributed by atoms with E-state index in [0.29, 0.717) is 18.2 Å². The summed E-state index contributed by atoms with van der Waals surface area (Å²) >= 11 is 0. The number of hydrogen-bond acceptors (Lipinski definition) is 4. The third kappa shape index (κ3) is 4.33. The van der Waals surface area contributed by atoms with Gasteiger partial charge in [0.25, 0.3) is 0 Å². The molecular formula is C26H34F2N5OP. The molecule has 2 saturated carbocycles. The van der Waals surface area contributed by atoms with Crippen molar-refractivity contribution in [3.8, 4) is 0 Å². The fourth-order valence-corrected chi connectivity index (χ4v) is 6.28. The molecule has 1 aromatic carbocycles. The van der Waals surface area contributed by atoms with Crippen LogP contribution in [0.3, 0.4) is 0 Å². The molecule has 2 heterocycles. The van der Waals surface area contributed by atoms with Gasteiger partial charge in [0.2, 0.25) is 5.82 Å². The van der Waals surface area contributed by atoms with Crippen LogP contribution in [0.2, 0.25) is 0 Å². The van der Waals surface area contributed by atoms with Crippen molar-refractivity contribution in [2.45, 2.75) is 61.7 Å². The Morgan fingerprint density at radius 2 is 1.71 bits per heavy atom. The Morgan fingerprint density at radius 1 is 1.09 bits per heavy atom. The number of halogens is 2. The maximum Gasteiger partial charge on any atom is 0.325 e. The normalized spacial score (nSPS) is 27.7. The molecule has 6 nitrogen and oxygen atoms in total. The smallest absolute Gasteiger partial charge is 0.317 e. The molecule has 3 aliphatic rings. The maximum absolute atomic E-state index is 13.7. The topological polar surface area (TPSA) is 52.6 Å². The summed E-state index contributed by atoms with van der Waals surface area (Å²) in [5.74, 6) is -0.0184. The molecule has 0 radical (unpaired) electrons. The monoisotopic (exact) mass is 501 g/mol. The van der Waals surface area contributed by atoms with Gasteiger partial charge in [-0.3, -0.25) is 9.80 Å². The zero-order valence-corrected chi connectivity index (χ0v) is 21.6. The Bertz CT molecular complexity index is 1050. The summed E-state index contributed by atoms with van der Waals surface area (Å²) in [5, 5.41) is 0. The maximum atomic E-state index is 13.7. The predicted octanol–water partition coefficient (Wildman–Crippen LogP) is 5.21. The van der Waals surface area contributed by atoms with Crippen LogP contribution in [0, 0.1) is 5.92 Å². The van der Waals surface area contributed by atoms with Crippen molar-refractivity contribution >= 4 is 21.0 Å². The van der Waals surface area contributed by atoms with Crippen molar-refractivity contribution < 1.29 is 13.6 Å². The number of rotatable bonds is 6. The minimum Gasteiger partial charge on any atom is -0.317 e. The molecule has 5 rings (SSSR count). The largest absolute Gasteiger partial charge is 0.325 e. The van der Waals surface area contributed by atoms with Gasteiger partial charge < -0.3 is 4.90 Å². The van der Waals surface area contributed by atoms with E-state index in [9.17, 15) is 13.6 Å². The first-order valence-corrected chi connectivity index (χ1v) is 13.0. The average molecular weight is 502 g/mol. The SMILES string of the molecule is CN(C)[C@]1(c2ccccc2)CC[C@]2(CC1)CN(c1cnc(C(F)(F)P)nc1)C(=O)N2CC1CCC1. The lowest BCUT2D eigenvalue weighted by atomic mass is 9.68. The number of urea groups is 1. The second-order valence-corrected chi connectivity index (χ2v) is 11.4. The van der Waals surface area contributed by atoms with E-state index in [2.05, 4.69) is 58.1 Å². The lowest BCUT2D eigenvalue weighted by molar-refractivity contribution is 0.0172. The highest BCUT2D eigenvalue weighted by Crippen LogP contribution is 2.50. The summed E-state index contributed by atoms with van der Waals surface area (Å²) < 4.78 is 27.2. The fraction of sp³-hybridized carbons (Fsp3) is 0.577. The van der Waals surface area contributed by atoms with Gasteiger partial charge >= 0.3 is 11.7 Å². The van der Waals surface area contributed by atoms with Gasteiger partial charge in [0, 0.05) is 12.1 Å². The fourth-order valence-electron chi connectivity index (χ4n) is 6.14. The third-order valence-corrected chi connectivity index (χ3v) is 8.83. The zero-order valence-electron chi connectivity index (χ0n) is 20.5. The van der Waals surface area contributed by atoms with Gasteiger partial charge in [-0.25, -0.2) is 14.8 Å². The van der Waals surface area contributed by atoms with E-state index in [0.717, 1.165) is 45.1 Å². The van der Waals surface area contributed by atoms with Gasteiger partial charge in [-0.2, -0.15) is 8.78 Å². The Hall–Kier alpha value is -2.18. The van der Waals surface area contributed by atoms with E-state index in [1.165, 1.54) is 33.6 Å². The van der Waals surface area contributed by atoms with Gasteiger partial charge in [0.15, 0.2) is 0 Å². The standard InChI is InChI=1S/C26H34F2N5OP/c1-31(2)25(20-9-4-3-5-10-20)13-11-24(12-14-25)18-32(23(34)33(24)17-19-7-6-8-19)21-15-29-22(30-16-21)26(27,28)35/h3-5,9-10,15-16,19H,6-8,11-14,17-18,35H2,1-2H3/t24-,25+. The van der Waals surface area contributed by atoms with E-state index >= 15 is 0 Å². The van der Waals surface area contributed by atoms with Gasteiger partial charge in [-0.1, -0.05) is 46.0 Å². The quantitative estimate of drug-likeness (QED) is 0.510. The van der Waals surface area contributed by atoms with Crippen LogP contribution in [-0.4, -0.2) is 58.5 Å². The molecule has 188 valence electrons. The first-order chi connectivity index (χ1) is 16.6. The van der Waals surface area contributed by atoms with E-state index in [-0.39, 0.29) is 17.1 Å². The summed E-state index contributed by atoms with van der Waals surface area (Å²) in [6.07, 6.45) is 9.92. The molecule has 2 amide bonds. The van der Waals surface area contributed by atoms with Gasteiger partial charge in [0.05, 0.1) is 30.2 Å². The molecule has 0 bridgehead atoms. The average Bonchev–Trinajstić information content (AvgIpc) is 3.08. The van der Waals surface area contributed by atoms with Crippen LogP contribution < -0.4 is 4.90 Å². The number of hydrogen-bond donors (Lipinski definition) is 0. The van der Waals surface area contributed by atoms with Crippen molar-refractivity contribution in [3.63, 3.8) is 0 Å². The lowest BCUT2D eigenvalue weighted by Gasteiger charge is -2.51. The highest BCUT2D eigenvalue weighted by Gasteiger charge is 2.55. The van der Waals surface area contributed by atoms with Crippen molar-refractivity contribution in [2.75, 3.05) is 32.1 Å². The summed E-state index contributed by atoms with van der Waals surface area (Å²) in [4.78, 5) is 27.6. The van der Waals surface area contributed by atoms with Crippen LogP contribution in [0.5, 0.6) is 0 Å². The summed E-state index contributed by atoms with van der Waals surface area (Å²) in [5.41, 5.74) is -1.74. The van der Waals surface area contributed by atoms with Crippen molar-refractivity contribution in [1.82, 2.24) is 19.8 Å². The first-order valence-electron chi connectivity index (χ1n) is 12.5. The summed E-state index contributed by atoms with van der Waals surface area (Å²) in [6.45, 7) is 1.30. The first kappa shape index (κ1) is 24.5. The van der Waals surface area contributed by atoms with E-state index in [4.69, 9.17) is 0 Å². The van der Waals surface area contributed by atoms with Crippen LogP contribution in [0.4, 0.5) is 19.3 Å². The summed E-state index contributed by atoms with van der Waals surface area (Å²) in [6, 6.07) is 10.6. The Labute approximate surface area is 208 Å². The third-order valence-electron chi connectivity index (χ3n) is 8.58. The molecule has 1 unspecified atom stereocenters. The van der Waals surface area contributed by atoms with E-state index in [1.807, 2.05) is 6.07 Å². The van der Waals surface area contributed by atoms with Crippen LogP contribution >= 0.6 is 9.24 Å². The van der Waals surface area contributed by atoms with Gasteiger partial charge in [0.1, 0.15) is 0 Å². The molecule has 3 fully saturated rings. The molecule has 1 atom stereocenters. The predicted molar refractivity (Wildman–Crippen MR) is 135 cm³/mol. The minimum atomic E-state index is -3.19. The molecule has 35 heavy (non-hydrogen) atoms. The van der Waals surface area contributed by atoms with Crippen molar-refractivity contribution in [2.24, 2.45) is 5.92 Å². The highest BCUT2D eigenvalue weighted by atomic mass is 31.0. The number of amides is 2. The number of alkyl halides is 2. The van der Waals surface area contributed by atoms with Crippen LogP contribution in [-0.2, 0) is 11.2 Å². The zero-order chi connectivity index (χ0) is 24.8. The van der Waals surface area contributed by atoms with Gasteiger partial charge in [-0.15, -0.1) is 0 Å². The second-order valence-electron chi connectivity index (χ2n) is 10.7. The van der Waals surface area contributed by atoms with Crippen molar-refractivity contribution in [3.05, 3.63) is 54.1 Å². The Kier molecular flexibility index (Phi) is 6.33. The van der Waals surface area contributed by atoms with Crippen LogP contribution in [0.15, 0.2) is 42.7 Å². The molecular weight excluding hydrogens is 467 g/mol. The second kappa shape index (κ2) is 9.04.